The smallest absolute Gasteiger partial charge is 0.0499 e. The highest BCUT2D eigenvalue weighted by Gasteiger charge is 2.37. The Hall–Kier alpha value is -0.0800. The fourth-order valence-electron chi connectivity index (χ4n) is 3.40. The lowest BCUT2D eigenvalue weighted by Crippen LogP contribution is -2.43. The predicted molar refractivity (Wildman–Crippen MR) is 67.4 cm³/mol. The largest absolute Gasteiger partial charge is 0.396 e. The second kappa shape index (κ2) is 5.50. The molecule has 0 aromatic rings. The van der Waals surface area contributed by atoms with Gasteiger partial charge in [0, 0.05) is 18.6 Å². The Balaban J connectivity index is 1.65. The molecule has 2 fully saturated rings. The first-order valence-electron chi connectivity index (χ1n) is 7.03. The average Bonchev–Trinajstić information content (AvgIpc) is 2.73. The number of nitrogens with zero attached hydrogens (tertiary/aromatic N) is 1. The molecule has 0 heterocycles. The molecule has 2 saturated carbocycles. The molecule has 0 spiro atoms. The summed E-state index contributed by atoms with van der Waals surface area (Å²) >= 11 is 0. The van der Waals surface area contributed by atoms with Gasteiger partial charge in [0.15, 0.2) is 0 Å². The van der Waals surface area contributed by atoms with Gasteiger partial charge in [0.25, 0.3) is 0 Å². The summed E-state index contributed by atoms with van der Waals surface area (Å²) < 4.78 is 0. The van der Waals surface area contributed by atoms with Crippen molar-refractivity contribution in [3.05, 3.63) is 0 Å². The number of hydrogen-bond donors (Lipinski definition) is 1. The predicted octanol–water partition coefficient (Wildman–Crippen LogP) is 2.66. The van der Waals surface area contributed by atoms with Gasteiger partial charge in [-0.05, 0) is 38.8 Å². The Morgan fingerprint density at radius 3 is 2.38 bits per heavy atom. The van der Waals surface area contributed by atoms with E-state index >= 15 is 0 Å². The topological polar surface area (TPSA) is 23.5 Å². The van der Waals surface area contributed by atoms with Gasteiger partial charge in [0.2, 0.25) is 0 Å². The van der Waals surface area contributed by atoms with E-state index in [-0.39, 0.29) is 5.41 Å². The van der Waals surface area contributed by atoms with Crippen molar-refractivity contribution in [1.29, 1.82) is 0 Å². The van der Waals surface area contributed by atoms with Crippen molar-refractivity contribution in [2.45, 2.75) is 51.4 Å². The molecule has 2 aliphatic rings. The lowest BCUT2D eigenvalue weighted by molar-refractivity contribution is 0.0135. The van der Waals surface area contributed by atoms with E-state index < -0.39 is 0 Å². The minimum atomic E-state index is 0.268. The van der Waals surface area contributed by atoms with E-state index in [1.165, 1.54) is 57.9 Å². The van der Waals surface area contributed by atoms with Crippen molar-refractivity contribution in [3.63, 3.8) is 0 Å². The van der Waals surface area contributed by atoms with Gasteiger partial charge in [-0.3, -0.25) is 0 Å². The zero-order valence-corrected chi connectivity index (χ0v) is 10.7. The van der Waals surface area contributed by atoms with Crippen LogP contribution in [0.3, 0.4) is 0 Å². The van der Waals surface area contributed by atoms with Gasteiger partial charge in [-0.25, -0.2) is 0 Å². The quantitative estimate of drug-likeness (QED) is 0.751. The highest BCUT2D eigenvalue weighted by Crippen LogP contribution is 2.41. The van der Waals surface area contributed by atoms with Crippen LogP contribution < -0.4 is 0 Å². The Labute approximate surface area is 100 Å². The van der Waals surface area contributed by atoms with Crippen LogP contribution in [-0.2, 0) is 0 Å². The molecule has 94 valence electrons. The molecule has 2 rings (SSSR count). The molecule has 0 bridgehead atoms. The van der Waals surface area contributed by atoms with Crippen LogP contribution in [0, 0.1) is 11.3 Å². The van der Waals surface area contributed by atoms with Crippen LogP contribution in [0.1, 0.15) is 51.4 Å². The summed E-state index contributed by atoms with van der Waals surface area (Å²) in [6, 6.07) is 0. The zero-order chi connectivity index (χ0) is 11.4. The van der Waals surface area contributed by atoms with Gasteiger partial charge in [0.1, 0.15) is 0 Å². The Morgan fingerprint density at radius 2 is 1.88 bits per heavy atom. The number of hydrogen-bond acceptors (Lipinski definition) is 2. The second-order valence-corrected chi connectivity index (χ2v) is 6.19. The van der Waals surface area contributed by atoms with Crippen LogP contribution in [0.2, 0.25) is 0 Å². The third kappa shape index (κ3) is 2.98. The normalized spacial score (nSPS) is 24.9. The fraction of sp³-hybridized carbons (Fsp3) is 1.00. The molecule has 2 heteroatoms. The van der Waals surface area contributed by atoms with Crippen molar-refractivity contribution in [2.75, 3.05) is 26.7 Å². The minimum absolute atomic E-state index is 0.268. The van der Waals surface area contributed by atoms with Crippen molar-refractivity contribution in [3.8, 4) is 0 Å². The van der Waals surface area contributed by atoms with Gasteiger partial charge in [-0.2, -0.15) is 0 Å². The van der Waals surface area contributed by atoms with E-state index in [9.17, 15) is 5.11 Å². The Bertz CT molecular complexity index is 201. The van der Waals surface area contributed by atoms with Gasteiger partial charge in [-0.1, -0.05) is 32.1 Å². The van der Waals surface area contributed by atoms with Gasteiger partial charge >= 0.3 is 0 Å². The van der Waals surface area contributed by atoms with Gasteiger partial charge in [0.05, 0.1) is 0 Å². The van der Waals surface area contributed by atoms with E-state index in [0.29, 0.717) is 6.61 Å². The summed E-state index contributed by atoms with van der Waals surface area (Å²) in [5, 5.41) is 9.44. The molecule has 0 unspecified atom stereocenters. The summed E-state index contributed by atoms with van der Waals surface area (Å²) in [4.78, 5) is 2.45. The monoisotopic (exact) mass is 225 g/mol. The summed E-state index contributed by atoms with van der Waals surface area (Å²) in [6.07, 6.45) is 11.0. The molecule has 16 heavy (non-hydrogen) atoms. The van der Waals surface area contributed by atoms with Crippen molar-refractivity contribution >= 4 is 0 Å². The summed E-state index contributed by atoms with van der Waals surface area (Å²) in [5.41, 5.74) is 0.268. The summed E-state index contributed by atoms with van der Waals surface area (Å²) in [5.74, 6) is 0.994. The number of aliphatic hydroxyl groups is 1. The first-order valence-corrected chi connectivity index (χ1v) is 7.03. The number of rotatable bonds is 6. The van der Waals surface area contributed by atoms with Crippen molar-refractivity contribution in [1.82, 2.24) is 4.90 Å². The van der Waals surface area contributed by atoms with Gasteiger partial charge < -0.3 is 10.0 Å². The van der Waals surface area contributed by atoms with E-state index in [4.69, 9.17) is 0 Å². The molecule has 2 nitrogen and oxygen atoms in total. The van der Waals surface area contributed by atoms with Crippen LogP contribution in [-0.4, -0.2) is 36.8 Å². The summed E-state index contributed by atoms with van der Waals surface area (Å²) in [6.45, 7) is 2.73. The zero-order valence-electron chi connectivity index (χ0n) is 10.7. The number of aliphatic hydroxyl groups excluding tert-OH is 1. The fourth-order valence-corrected chi connectivity index (χ4v) is 3.40. The SMILES string of the molecule is CN(CCC1CCCC1)CC1(CO)CCC1. The molecule has 0 radical (unpaired) electrons. The third-order valence-electron chi connectivity index (χ3n) is 4.75. The van der Waals surface area contributed by atoms with Crippen LogP contribution in [0.5, 0.6) is 0 Å². The molecule has 0 atom stereocenters. The third-order valence-corrected chi connectivity index (χ3v) is 4.75. The average molecular weight is 225 g/mol. The standard InChI is InChI=1S/C14H27NO/c1-15(10-7-13-5-2-3-6-13)11-14(12-16)8-4-9-14/h13,16H,2-12H2,1H3. The van der Waals surface area contributed by atoms with Crippen LogP contribution in [0.15, 0.2) is 0 Å². The molecular weight excluding hydrogens is 198 g/mol. The van der Waals surface area contributed by atoms with Crippen LogP contribution in [0.4, 0.5) is 0 Å². The minimum Gasteiger partial charge on any atom is -0.396 e. The maximum Gasteiger partial charge on any atom is 0.0499 e. The highest BCUT2D eigenvalue weighted by molar-refractivity contribution is 4.89. The van der Waals surface area contributed by atoms with Crippen LogP contribution >= 0.6 is 0 Å². The first kappa shape index (κ1) is 12.4. The molecule has 0 aromatic heterocycles. The lowest BCUT2D eigenvalue weighted by Gasteiger charge is -2.43. The Kier molecular flexibility index (Phi) is 4.26. The van der Waals surface area contributed by atoms with E-state index in [0.717, 1.165) is 12.5 Å². The molecule has 0 aliphatic heterocycles. The van der Waals surface area contributed by atoms with Crippen molar-refractivity contribution in [2.24, 2.45) is 11.3 Å². The second-order valence-electron chi connectivity index (χ2n) is 6.19. The molecule has 2 aliphatic carbocycles. The van der Waals surface area contributed by atoms with E-state index in [1.54, 1.807) is 0 Å². The maximum absolute atomic E-state index is 9.44. The van der Waals surface area contributed by atoms with E-state index in [1.807, 2.05) is 0 Å². The maximum atomic E-state index is 9.44. The van der Waals surface area contributed by atoms with E-state index in [2.05, 4.69) is 11.9 Å². The molecule has 0 amide bonds. The van der Waals surface area contributed by atoms with Gasteiger partial charge in [-0.15, -0.1) is 0 Å². The molecule has 0 saturated heterocycles. The lowest BCUT2D eigenvalue weighted by atomic mass is 9.69. The highest BCUT2D eigenvalue weighted by atomic mass is 16.3. The molecular formula is C14H27NO. The Morgan fingerprint density at radius 1 is 1.19 bits per heavy atom. The van der Waals surface area contributed by atoms with Crippen LogP contribution in [0.25, 0.3) is 0 Å². The molecule has 0 aromatic carbocycles. The first-order chi connectivity index (χ1) is 7.74. The van der Waals surface area contributed by atoms with Crippen molar-refractivity contribution < 1.29 is 5.11 Å². The molecule has 1 N–H and O–H groups in total. The summed E-state index contributed by atoms with van der Waals surface area (Å²) in [7, 11) is 2.23.